The van der Waals surface area contributed by atoms with Crippen molar-refractivity contribution in [2.24, 2.45) is 0 Å². The molecule has 1 saturated heterocycles. The summed E-state index contributed by atoms with van der Waals surface area (Å²) < 4.78 is 0. The van der Waals surface area contributed by atoms with Crippen molar-refractivity contribution >= 4 is 10.9 Å². The third kappa shape index (κ3) is 1.23. The van der Waals surface area contributed by atoms with Gasteiger partial charge in [-0.05, 0) is 42.5 Å². The van der Waals surface area contributed by atoms with Crippen LogP contribution in [0.15, 0.2) is 30.5 Å². The fourth-order valence-electron chi connectivity index (χ4n) is 2.25. The quantitative estimate of drug-likeness (QED) is 0.704. The molecule has 2 heterocycles. The summed E-state index contributed by atoms with van der Waals surface area (Å²) in [6, 6.07) is 9.38. The molecule has 0 spiro atoms. The number of nitrogens with one attached hydrogen (secondary N) is 2. The summed E-state index contributed by atoms with van der Waals surface area (Å²) >= 11 is 0. The summed E-state index contributed by atoms with van der Waals surface area (Å²) in [5.41, 5.74) is 2.66. The predicted molar refractivity (Wildman–Crippen MR) is 58.3 cm³/mol. The Bertz CT molecular complexity index is 438. The Morgan fingerprint density at radius 1 is 1.21 bits per heavy atom. The molecule has 2 nitrogen and oxygen atoms in total. The molecule has 0 saturated carbocycles. The molecule has 0 bridgehead atoms. The summed E-state index contributed by atoms with van der Waals surface area (Å²) in [7, 11) is 0. The zero-order valence-electron chi connectivity index (χ0n) is 8.09. The molecule has 72 valence electrons. The van der Waals surface area contributed by atoms with E-state index in [0.29, 0.717) is 6.04 Å². The van der Waals surface area contributed by atoms with Gasteiger partial charge < -0.3 is 10.3 Å². The van der Waals surface area contributed by atoms with E-state index < -0.39 is 0 Å². The van der Waals surface area contributed by atoms with E-state index in [4.69, 9.17) is 0 Å². The Kier molecular flexibility index (Phi) is 1.81. The monoisotopic (exact) mass is 186 g/mol. The van der Waals surface area contributed by atoms with Gasteiger partial charge in [0.05, 0.1) is 0 Å². The molecule has 1 aliphatic rings. The average Bonchev–Trinajstić information content (AvgIpc) is 2.88. The van der Waals surface area contributed by atoms with Crippen LogP contribution in [0.1, 0.15) is 24.4 Å². The van der Waals surface area contributed by atoms with Crippen LogP contribution in [0.3, 0.4) is 0 Å². The van der Waals surface area contributed by atoms with Crippen molar-refractivity contribution in [3.8, 4) is 0 Å². The summed E-state index contributed by atoms with van der Waals surface area (Å²) in [5.74, 6) is 0. The highest BCUT2D eigenvalue weighted by Crippen LogP contribution is 2.25. The highest BCUT2D eigenvalue weighted by molar-refractivity contribution is 5.79. The topological polar surface area (TPSA) is 27.8 Å². The normalized spacial score (nSPS) is 21.9. The van der Waals surface area contributed by atoms with Gasteiger partial charge in [0, 0.05) is 17.8 Å². The van der Waals surface area contributed by atoms with Crippen LogP contribution in [0.2, 0.25) is 0 Å². The highest BCUT2D eigenvalue weighted by Gasteiger charge is 2.15. The van der Waals surface area contributed by atoms with Crippen LogP contribution >= 0.6 is 0 Å². The fraction of sp³-hybridized carbons (Fsp3) is 0.333. The van der Waals surface area contributed by atoms with Crippen molar-refractivity contribution in [1.82, 2.24) is 10.3 Å². The van der Waals surface area contributed by atoms with E-state index in [2.05, 4.69) is 34.6 Å². The lowest BCUT2D eigenvalue weighted by atomic mass is 10.0. The minimum absolute atomic E-state index is 0.572. The molecule has 0 unspecified atom stereocenters. The molecule has 0 aliphatic carbocycles. The first-order valence-corrected chi connectivity index (χ1v) is 5.24. The minimum Gasteiger partial charge on any atom is -0.361 e. The first-order chi connectivity index (χ1) is 6.93. The summed E-state index contributed by atoms with van der Waals surface area (Å²) in [5, 5.41) is 4.81. The van der Waals surface area contributed by atoms with Crippen molar-refractivity contribution in [2.75, 3.05) is 6.54 Å². The van der Waals surface area contributed by atoms with Crippen molar-refractivity contribution < 1.29 is 0 Å². The minimum atomic E-state index is 0.572. The number of fused-ring (bicyclic) bond motifs is 1. The van der Waals surface area contributed by atoms with Gasteiger partial charge in [0.25, 0.3) is 0 Å². The van der Waals surface area contributed by atoms with Gasteiger partial charge in [-0.25, -0.2) is 0 Å². The van der Waals surface area contributed by atoms with Crippen LogP contribution in [0.5, 0.6) is 0 Å². The molecule has 0 amide bonds. The number of hydrogen-bond donors (Lipinski definition) is 2. The number of benzene rings is 1. The number of H-pyrrole nitrogens is 1. The zero-order chi connectivity index (χ0) is 9.38. The number of hydrogen-bond acceptors (Lipinski definition) is 1. The maximum absolute atomic E-state index is 3.52. The lowest BCUT2D eigenvalue weighted by Crippen LogP contribution is -2.12. The summed E-state index contributed by atoms with van der Waals surface area (Å²) in [6.45, 7) is 1.16. The van der Waals surface area contributed by atoms with Crippen LogP contribution in [-0.2, 0) is 0 Å². The maximum atomic E-state index is 3.52. The third-order valence-corrected chi connectivity index (χ3v) is 3.04. The molecule has 1 atom stereocenters. The largest absolute Gasteiger partial charge is 0.361 e. The zero-order valence-corrected chi connectivity index (χ0v) is 8.09. The molecule has 14 heavy (non-hydrogen) atoms. The third-order valence-electron chi connectivity index (χ3n) is 3.04. The van der Waals surface area contributed by atoms with Crippen LogP contribution in [0.25, 0.3) is 10.9 Å². The average molecular weight is 186 g/mol. The predicted octanol–water partition coefficient (Wildman–Crippen LogP) is 2.59. The van der Waals surface area contributed by atoms with Crippen LogP contribution in [-0.4, -0.2) is 11.5 Å². The summed E-state index contributed by atoms with van der Waals surface area (Å²) in [6.07, 6.45) is 4.57. The first-order valence-electron chi connectivity index (χ1n) is 5.24. The second-order valence-corrected chi connectivity index (χ2v) is 3.97. The van der Waals surface area contributed by atoms with E-state index in [1.54, 1.807) is 0 Å². The Balaban J connectivity index is 2.04. The Morgan fingerprint density at radius 2 is 2.21 bits per heavy atom. The van der Waals surface area contributed by atoms with E-state index in [9.17, 15) is 0 Å². The van der Waals surface area contributed by atoms with E-state index in [1.807, 2.05) is 6.20 Å². The van der Waals surface area contributed by atoms with Gasteiger partial charge in [0.15, 0.2) is 0 Å². The Labute approximate surface area is 83.3 Å². The Morgan fingerprint density at radius 3 is 3.07 bits per heavy atom. The van der Waals surface area contributed by atoms with E-state index in [0.717, 1.165) is 6.54 Å². The van der Waals surface area contributed by atoms with E-state index in [-0.39, 0.29) is 0 Å². The maximum Gasteiger partial charge on any atom is 0.0457 e. The van der Waals surface area contributed by atoms with Gasteiger partial charge in [-0.3, -0.25) is 0 Å². The van der Waals surface area contributed by atoms with Gasteiger partial charge >= 0.3 is 0 Å². The molecule has 0 radical (unpaired) electrons. The van der Waals surface area contributed by atoms with Crippen molar-refractivity contribution in [2.45, 2.75) is 18.9 Å². The van der Waals surface area contributed by atoms with Gasteiger partial charge in [-0.1, -0.05) is 12.1 Å². The molecule has 3 rings (SSSR count). The first kappa shape index (κ1) is 8.06. The molecule has 1 fully saturated rings. The lowest BCUT2D eigenvalue weighted by Gasteiger charge is -2.10. The van der Waals surface area contributed by atoms with Gasteiger partial charge in [0.2, 0.25) is 0 Å². The Hall–Kier alpha value is -1.28. The molecule has 2 heteroatoms. The molecule has 2 N–H and O–H groups in total. The van der Waals surface area contributed by atoms with Gasteiger partial charge in [-0.2, -0.15) is 0 Å². The lowest BCUT2D eigenvalue weighted by molar-refractivity contribution is 0.648. The van der Waals surface area contributed by atoms with Crippen molar-refractivity contribution in [1.29, 1.82) is 0 Å². The molecule has 1 aliphatic heterocycles. The molecule has 1 aromatic heterocycles. The molecular weight excluding hydrogens is 172 g/mol. The molecular formula is C12H14N2. The van der Waals surface area contributed by atoms with Crippen molar-refractivity contribution in [3.05, 3.63) is 36.0 Å². The van der Waals surface area contributed by atoms with E-state index in [1.165, 1.54) is 29.3 Å². The fourth-order valence-corrected chi connectivity index (χ4v) is 2.25. The second-order valence-electron chi connectivity index (χ2n) is 3.97. The van der Waals surface area contributed by atoms with Crippen LogP contribution in [0.4, 0.5) is 0 Å². The molecule has 2 aromatic rings. The smallest absolute Gasteiger partial charge is 0.0457 e. The van der Waals surface area contributed by atoms with Crippen LogP contribution in [0, 0.1) is 0 Å². The van der Waals surface area contributed by atoms with Crippen molar-refractivity contribution in [3.63, 3.8) is 0 Å². The number of rotatable bonds is 1. The van der Waals surface area contributed by atoms with Gasteiger partial charge in [-0.15, -0.1) is 0 Å². The van der Waals surface area contributed by atoms with Crippen LogP contribution < -0.4 is 5.32 Å². The van der Waals surface area contributed by atoms with E-state index >= 15 is 0 Å². The highest BCUT2D eigenvalue weighted by atomic mass is 14.9. The number of aromatic nitrogens is 1. The number of aromatic amines is 1. The molecule has 1 aromatic carbocycles. The SMILES string of the molecule is c1cc2ccc([C@H]3CCCN3)cc2[nH]1. The standard InChI is InChI=1S/C12H14N2/c1-2-11(13-6-1)10-4-3-9-5-7-14-12(9)8-10/h3-5,7-8,11,13-14H,1-2,6H2/t11-/m1/s1. The second kappa shape index (κ2) is 3.14. The van der Waals surface area contributed by atoms with Gasteiger partial charge in [0.1, 0.15) is 0 Å². The summed E-state index contributed by atoms with van der Waals surface area (Å²) in [4.78, 5) is 3.26.